The first kappa shape index (κ1) is 28.3. The summed E-state index contributed by atoms with van der Waals surface area (Å²) in [6.07, 6.45) is 0. The SMILES string of the molecule is Clc1nc(-c2ccccc2)nc(-c2cccc(C3(c4ccccc4)c4ccccc4-c4c(-c5cccc6ccccc56)cccc43)c2)n1. The summed E-state index contributed by atoms with van der Waals surface area (Å²) in [5, 5.41) is 2.64. The molecule has 0 N–H and O–H groups in total. The van der Waals surface area contributed by atoms with E-state index in [1.807, 2.05) is 30.3 Å². The second kappa shape index (κ2) is 11.4. The molecular formula is C44H28ClN3. The van der Waals surface area contributed by atoms with Crippen LogP contribution in [0, 0.1) is 0 Å². The van der Waals surface area contributed by atoms with Crippen LogP contribution in [0.5, 0.6) is 0 Å². The molecule has 8 aromatic rings. The third-order valence-corrected chi connectivity index (χ3v) is 9.72. The van der Waals surface area contributed by atoms with Gasteiger partial charge in [0, 0.05) is 11.1 Å². The minimum absolute atomic E-state index is 0.165. The van der Waals surface area contributed by atoms with E-state index in [0.717, 1.165) is 16.7 Å². The van der Waals surface area contributed by atoms with E-state index in [1.165, 1.54) is 49.7 Å². The van der Waals surface area contributed by atoms with Crippen molar-refractivity contribution in [1.82, 2.24) is 15.0 Å². The number of rotatable bonds is 5. The first-order valence-corrected chi connectivity index (χ1v) is 16.4. The van der Waals surface area contributed by atoms with Gasteiger partial charge in [-0.3, -0.25) is 0 Å². The molecule has 0 saturated heterocycles. The molecule has 0 amide bonds. The maximum Gasteiger partial charge on any atom is 0.226 e. The Hall–Kier alpha value is -5.90. The predicted octanol–water partition coefficient (Wildman–Crippen LogP) is 11.0. The van der Waals surface area contributed by atoms with Crippen LogP contribution in [0.25, 0.3) is 55.8 Å². The minimum atomic E-state index is -0.594. The maximum absolute atomic E-state index is 6.53. The van der Waals surface area contributed by atoms with E-state index in [0.29, 0.717) is 11.6 Å². The van der Waals surface area contributed by atoms with Gasteiger partial charge in [0.25, 0.3) is 0 Å². The van der Waals surface area contributed by atoms with Crippen LogP contribution in [0.15, 0.2) is 170 Å². The van der Waals surface area contributed by atoms with E-state index < -0.39 is 5.41 Å². The molecular weight excluding hydrogens is 606 g/mol. The molecule has 7 aromatic carbocycles. The smallest absolute Gasteiger partial charge is 0.208 e. The lowest BCUT2D eigenvalue weighted by Gasteiger charge is -2.34. The molecule has 226 valence electrons. The van der Waals surface area contributed by atoms with Gasteiger partial charge in [-0.2, -0.15) is 9.97 Å². The molecule has 1 aliphatic carbocycles. The highest BCUT2D eigenvalue weighted by Gasteiger charge is 2.47. The van der Waals surface area contributed by atoms with Crippen LogP contribution in [0.3, 0.4) is 0 Å². The summed E-state index contributed by atoms with van der Waals surface area (Å²) in [6.45, 7) is 0. The molecule has 9 rings (SSSR count). The number of fused-ring (bicyclic) bond motifs is 4. The van der Waals surface area contributed by atoms with Gasteiger partial charge in [0.1, 0.15) is 0 Å². The van der Waals surface area contributed by atoms with Crippen LogP contribution in [0.2, 0.25) is 5.28 Å². The molecule has 1 atom stereocenters. The number of halogens is 1. The van der Waals surface area contributed by atoms with Gasteiger partial charge >= 0.3 is 0 Å². The standard InChI is InChI=1S/C44H28ClN3/c45-43-47-41(30-15-3-1-4-16-30)46-42(48-43)31-18-11-21-33(28-31)44(32-19-5-2-6-20-32)38-26-10-9-23-37(38)40-36(25-13-27-39(40)44)35-24-12-17-29-14-7-8-22-34(29)35/h1-28H. The number of aromatic nitrogens is 3. The van der Waals surface area contributed by atoms with Gasteiger partial charge in [-0.1, -0.05) is 164 Å². The number of hydrogen-bond donors (Lipinski definition) is 0. The Kier molecular flexibility index (Phi) is 6.74. The quantitative estimate of drug-likeness (QED) is 0.189. The second-order valence-electron chi connectivity index (χ2n) is 12.1. The Labute approximate surface area is 284 Å². The summed E-state index contributed by atoms with van der Waals surface area (Å²) in [5.41, 5.74) is 10.9. The van der Waals surface area contributed by atoms with Crippen LogP contribution >= 0.6 is 11.6 Å². The van der Waals surface area contributed by atoms with Crippen LogP contribution in [0.1, 0.15) is 22.3 Å². The Morgan fingerprint density at radius 3 is 1.83 bits per heavy atom. The predicted molar refractivity (Wildman–Crippen MR) is 196 cm³/mol. The fraction of sp³-hybridized carbons (Fsp3) is 0.0227. The van der Waals surface area contributed by atoms with E-state index in [9.17, 15) is 0 Å². The van der Waals surface area contributed by atoms with Crippen LogP contribution in [0.4, 0.5) is 0 Å². The van der Waals surface area contributed by atoms with Crippen molar-refractivity contribution >= 4 is 22.4 Å². The molecule has 1 aromatic heterocycles. The fourth-order valence-electron chi connectivity index (χ4n) is 7.58. The summed E-state index contributed by atoms with van der Waals surface area (Å²) in [5.74, 6) is 1.08. The number of hydrogen-bond acceptors (Lipinski definition) is 3. The topological polar surface area (TPSA) is 38.7 Å². The van der Waals surface area contributed by atoms with Gasteiger partial charge < -0.3 is 0 Å². The largest absolute Gasteiger partial charge is 0.226 e. The minimum Gasteiger partial charge on any atom is -0.208 e. The van der Waals surface area contributed by atoms with Crippen molar-refractivity contribution in [3.05, 3.63) is 197 Å². The summed E-state index contributed by atoms with van der Waals surface area (Å²) in [4.78, 5) is 14.0. The molecule has 1 aliphatic rings. The van der Waals surface area contributed by atoms with Gasteiger partial charge in [0.05, 0.1) is 5.41 Å². The number of nitrogens with zero attached hydrogens (tertiary/aromatic N) is 3. The van der Waals surface area contributed by atoms with E-state index >= 15 is 0 Å². The van der Waals surface area contributed by atoms with Gasteiger partial charge in [-0.05, 0) is 72.9 Å². The summed E-state index contributed by atoms with van der Waals surface area (Å²) in [6, 6.07) is 60.2. The average Bonchev–Trinajstić information content (AvgIpc) is 3.46. The van der Waals surface area contributed by atoms with E-state index in [4.69, 9.17) is 16.6 Å². The zero-order valence-corrected chi connectivity index (χ0v) is 26.6. The Balaban J connectivity index is 1.33. The van der Waals surface area contributed by atoms with Crippen LogP contribution in [-0.4, -0.2) is 15.0 Å². The molecule has 0 spiro atoms. The molecule has 3 nitrogen and oxygen atoms in total. The van der Waals surface area contributed by atoms with E-state index in [1.54, 1.807) is 0 Å². The van der Waals surface area contributed by atoms with Crippen molar-refractivity contribution in [2.75, 3.05) is 0 Å². The molecule has 48 heavy (non-hydrogen) atoms. The Morgan fingerprint density at radius 2 is 0.979 bits per heavy atom. The summed E-state index contributed by atoms with van der Waals surface area (Å²) >= 11 is 6.53. The zero-order valence-electron chi connectivity index (χ0n) is 25.9. The monoisotopic (exact) mass is 633 g/mol. The molecule has 4 heteroatoms. The molecule has 0 radical (unpaired) electrons. The average molecular weight is 634 g/mol. The van der Waals surface area contributed by atoms with Gasteiger partial charge in [-0.25, -0.2) is 4.98 Å². The molecule has 1 heterocycles. The highest BCUT2D eigenvalue weighted by molar-refractivity contribution is 6.28. The van der Waals surface area contributed by atoms with Crippen molar-refractivity contribution in [2.24, 2.45) is 0 Å². The second-order valence-corrected chi connectivity index (χ2v) is 12.5. The number of benzene rings is 7. The zero-order chi connectivity index (χ0) is 32.1. The van der Waals surface area contributed by atoms with Crippen molar-refractivity contribution in [2.45, 2.75) is 5.41 Å². The molecule has 0 bridgehead atoms. The maximum atomic E-state index is 6.53. The third kappa shape index (κ3) is 4.40. The van der Waals surface area contributed by atoms with Gasteiger partial charge in [0.2, 0.25) is 5.28 Å². The molecule has 0 saturated carbocycles. The van der Waals surface area contributed by atoms with Crippen LogP contribution in [-0.2, 0) is 5.41 Å². The molecule has 0 aliphatic heterocycles. The Bertz CT molecular complexity index is 2470. The van der Waals surface area contributed by atoms with Gasteiger partial charge in [0.15, 0.2) is 11.6 Å². The lowest BCUT2D eigenvalue weighted by molar-refractivity contribution is 0.768. The van der Waals surface area contributed by atoms with Crippen molar-refractivity contribution in [1.29, 1.82) is 0 Å². The summed E-state index contributed by atoms with van der Waals surface area (Å²) < 4.78 is 0. The molecule has 0 fully saturated rings. The molecule has 1 unspecified atom stereocenters. The lowest BCUT2D eigenvalue weighted by atomic mass is 9.67. The first-order chi connectivity index (χ1) is 23.7. The van der Waals surface area contributed by atoms with E-state index in [2.05, 4.69) is 149 Å². The highest BCUT2D eigenvalue weighted by Crippen LogP contribution is 2.58. The van der Waals surface area contributed by atoms with Gasteiger partial charge in [-0.15, -0.1) is 0 Å². The highest BCUT2D eigenvalue weighted by atomic mass is 35.5. The van der Waals surface area contributed by atoms with Crippen molar-refractivity contribution in [3.8, 4) is 45.0 Å². The fourth-order valence-corrected chi connectivity index (χ4v) is 7.74. The van der Waals surface area contributed by atoms with Crippen molar-refractivity contribution < 1.29 is 0 Å². The first-order valence-electron chi connectivity index (χ1n) is 16.1. The van der Waals surface area contributed by atoms with Crippen LogP contribution < -0.4 is 0 Å². The lowest BCUT2D eigenvalue weighted by Crippen LogP contribution is -2.28. The third-order valence-electron chi connectivity index (χ3n) is 9.55. The Morgan fingerprint density at radius 1 is 0.417 bits per heavy atom. The van der Waals surface area contributed by atoms with Crippen molar-refractivity contribution in [3.63, 3.8) is 0 Å². The normalized spacial score (nSPS) is 14.9. The summed E-state index contributed by atoms with van der Waals surface area (Å²) in [7, 11) is 0. The van der Waals surface area contributed by atoms with E-state index in [-0.39, 0.29) is 5.28 Å².